The third-order valence-corrected chi connectivity index (χ3v) is 4.23. The van der Waals surface area contributed by atoms with Crippen LogP contribution in [0.25, 0.3) is 10.9 Å². The Hall–Kier alpha value is -2.60. The van der Waals surface area contributed by atoms with Crippen LogP contribution >= 0.6 is 15.9 Å². The van der Waals surface area contributed by atoms with Crippen LogP contribution in [0.15, 0.2) is 53.0 Å². The van der Waals surface area contributed by atoms with E-state index in [9.17, 15) is 9.59 Å². The Labute approximate surface area is 147 Å². The molecule has 5 nitrogen and oxygen atoms in total. The molecule has 0 fully saturated rings. The zero-order valence-electron chi connectivity index (χ0n) is 12.9. The molecule has 0 aliphatic rings. The third-order valence-electron chi connectivity index (χ3n) is 3.54. The van der Waals surface area contributed by atoms with Gasteiger partial charge in [0.1, 0.15) is 5.69 Å². The normalized spacial score (nSPS) is 10.6. The first-order chi connectivity index (χ1) is 11.6. The van der Waals surface area contributed by atoms with Crippen molar-refractivity contribution in [2.75, 3.05) is 11.9 Å². The molecule has 3 rings (SSSR count). The lowest BCUT2D eigenvalue weighted by molar-refractivity contribution is 0.0522. The number of anilines is 1. The number of aromatic nitrogens is 1. The monoisotopic (exact) mass is 386 g/mol. The second-order valence-electron chi connectivity index (χ2n) is 5.08. The smallest absolute Gasteiger partial charge is 0.356 e. The molecular weight excluding hydrogens is 372 g/mol. The number of amides is 1. The summed E-state index contributed by atoms with van der Waals surface area (Å²) in [5, 5.41) is 3.58. The number of hydrogen-bond acceptors (Lipinski definition) is 3. The molecule has 0 saturated carbocycles. The molecule has 3 aromatic rings. The van der Waals surface area contributed by atoms with Crippen LogP contribution in [0.4, 0.5) is 5.69 Å². The van der Waals surface area contributed by atoms with Crippen molar-refractivity contribution in [2.24, 2.45) is 0 Å². The molecule has 1 heterocycles. The quantitative estimate of drug-likeness (QED) is 0.654. The van der Waals surface area contributed by atoms with Gasteiger partial charge < -0.3 is 15.0 Å². The standard InChI is InChI=1S/C18H15BrN2O3/c1-2-24-18(23)16-15(12-8-4-6-10-14(12)20-16)21-17(22)11-7-3-5-9-13(11)19/h3-10,20H,2H2,1H3,(H,21,22). The number of esters is 1. The number of ether oxygens (including phenoxy) is 1. The number of nitrogens with one attached hydrogen (secondary N) is 2. The highest BCUT2D eigenvalue weighted by atomic mass is 79.9. The van der Waals surface area contributed by atoms with Gasteiger partial charge in [-0.1, -0.05) is 30.3 Å². The average Bonchev–Trinajstić information content (AvgIpc) is 2.94. The lowest BCUT2D eigenvalue weighted by atomic mass is 10.2. The van der Waals surface area contributed by atoms with Crippen LogP contribution in [-0.2, 0) is 4.74 Å². The average molecular weight is 387 g/mol. The van der Waals surface area contributed by atoms with Crippen molar-refractivity contribution in [1.82, 2.24) is 4.98 Å². The van der Waals surface area contributed by atoms with E-state index >= 15 is 0 Å². The highest BCUT2D eigenvalue weighted by Gasteiger charge is 2.21. The van der Waals surface area contributed by atoms with Gasteiger partial charge in [0.2, 0.25) is 0 Å². The molecule has 0 spiro atoms. The fourth-order valence-electron chi connectivity index (χ4n) is 2.45. The highest BCUT2D eigenvalue weighted by molar-refractivity contribution is 9.10. The Balaban J connectivity index is 2.04. The van der Waals surface area contributed by atoms with E-state index < -0.39 is 5.97 Å². The van der Waals surface area contributed by atoms with E-state index in [4.69, 9.17) is 4.74 Å². The summed E-state index contributed by atoms with van der Waals surface area (Å²) in [6.45, 7) is 1.99. The van der Waals surface area contributed by atoms with E-state index in [1.54, 1.807) is 25.1 Å². The summed E-state index contributed by atoms with van der Waals surface area (Å²) in [5.41, 5.74) is 1.89. The summed E-state index contributed by atoms with van der Waals surface area (Å²) in [7, 11) is 0. The zero-order valence-corrected chi connectivity index (χ0v) is 14.5. The van der Waals surface area contributed by atoms with Gasteiger partial charge in [-0.3, -0.25) is 4.79 Å². The maximum Gasteiger partial charge on any atom is 0.356 e. The van der Waals surface area contributed by atoms with Crippen LogP contribution in [0.5, 0.6) is 0 Å². The van der Waals surface area contributed by atoms with Crippen LogP contribution in [0.1, 0.15) is 27.8 Å². The van der Waals surface area contributed by atoms with Crippen molar-refractivity contribution in [1.29, 1.82) is 0 Å². The van der Waals surface area contributed by atoms with Gasteiger partial charge in [-0.2, -0.15) is 0 Å². The molecule has 2 aromatic carbocycles. The maximum absolute atomic E-state index is 12.6. The minimum Gasteiger partial charge on any atom is -0.461 e. The number of para-hydroxylation sites is 1. The second kappa shape index (κ2) is 6.88. The predicted octanol–water partition coefficient (Wildman–Crippen LogP) is 4.36. The summed E-state index contributed by atoms with van der Waals surface area (Å²) < 4.78 is 5.76. The topological polar surface area (TPSA) is 71.2 Å². The summed E-state index contributed by atoms with van der Waals surface area (Å²) in [6, 6.07) is 14.5. The Morgan fingerprint density at radius 3 is 2.58 bits per heavy atom. The van der Waals surface area contributed by atoms with Gasteiger partial charge in [-0.05, 0) is 41.1 Å². The van der Waals surface area contributed by atoms with E-state index in [1.165, 1.54) is 0 Å². The van der Waals surface area contributed by atoms with Gasteiger partial charge in [0, 0.05) is 15.4 Å². The fraction of sp³-hybridized carbons (Fsp3) is 0.111. The number of aromatic amines is 1. The molecule has 2 N–H and O–H groups in total. The lowest BCUT2D eigenvalue weighted by Crippen LogP contribution is -2.16. The van der Waals surface area contributed by atoms with Gasteiger partial charge in [-0.15, -0.1) is 0 Å². The van der Waals surface area contributed by atoms with Gasteiger partial charge in [0.05, 0.1) is 17.9 Å². The number of benzene rings is 2. The first kappa shape index (κ1) is 16.3. The van der Waals surface area contributed by atoms with Crippen molar-refractivity contribution < 1.29 is 14.3 Å². The Kier molecular flexibility index (Phi) is 4.66. The van der Waals surface area contributed by atoms with Crippen molar-refractivity contribution in [3.63, 3.8) is 0 Å². The van der Waals surface area contributed by atoms with E-state index in [2.05, 4.69) is 26.2 Å². The Bertz CT molecular complexity index is 918. The van der Waals surface area contributed by atoms with E-state index in [0.717, 1.165) is 10.9 Å². The largest absolute Gasteiger partial charge is 0.461 e. The lowest BCUT2D eigenvalue weighted by Gasteiger charge is -2.08. The second-order valence-corrected chi connectivity index (χ2v) is 5.93. The predicted molar refractivity (Wildman–Crippen MR) is 96.4 cm³/mol. The van der Waals surface area contributed by atoms with Crippen molar-refractivity contribution >= 4 is 44.4 Å². The summed E-state index contributed by atoms with van der Waals surface area (Å²) in [5.74, 6) is -0.811. The molecule has 0 aliphatic carbocycles. The molecule has 1 aromatic heterocycles. The maximum atomic E-state index is 12.6. The molecule has 0 atom stereocenters. The summed E-state index contributed by atoms with van der Waals surface area (Å²) >= 11 is 3.36. The van der Waals surface area contributed by atoms with Crippen LogP contribution in [0.3, 0.4) is 0 Å². The highest BCUT2D eigenvalue weighted by Crippen LogP contribution is 2.29. The Morgan fingerprint density at radius 1 is 1.12 bits per heavy atom. The zero-order chi connectivity index (χ0) is 17.1. The molecule has 0 bridgehead atoms. The molecule has 0 unspecified atom stereocenters. The number of hydrogen-bond donors (Lipinski definition) is 2. The molecule has 0 radical (unpaired) electrons. The van der Waals surface area contributed by atoms with E-state index in [1.807, 2.05) is 30.3 Å². The number of fused-ring (bicyclic) bond motifs is 1. The van der Waals surface area contributed by atoms with E-state index in [-0.39, 0.29) is 18.2 Å². The minimum absolute atomic E-state index is 0.235. The van der Waals surface area contributed by atoms with Crippen LogP contribution in [-0.4, -0.2) is 23.5 Å². The molecular formula is C18H15BrN2O3. The van der Waals surface area contributed by atoms with Crippen molar-refractivity contribution in [2.45, 2.75) is 6.92 Å². The molecule has 122 valence electrons. The van der Waals surface area contributed by atoms with Crippen molar-refractivity contribution in [3.8, 4) is 0 Å². The third kappa shape index (κ3) is 3.05. The van der Waals surface area contributed by atoms with Crippen LogP contribution in [0, 0.1) is 0 Å². The van der Waals surface area contributed by atoms with Gasteiger partial charge >= 0.3 is 5.97 Å². The number of carbonyl (C=O) groups excluding carboxylic acids is 2. The first-order valence-corrected chi connectivity index (χ1v) is 8.24. The number of halogens is 1. The van der Waals surface area contributed by atoms with Crippen LogP contribution in [0.2, 0.25) is 0 Å². The Morgan fingerprint density at radius 2 is 1.83 bits per heavy atom. The molecule has 6 heteroatoms. The molecule has 24 heavy (non-hydrogen) atoms. The van der Waals surface area contributed by atoms with Crippen molar-refractivity contribution in [3.05, 3.63) is 64.3 Å². The van der Waals surface area contributed by atoms with Gasteiger partial charge in [-0.25, -0.2) is 4.79 Å². The van der Waals surface area contributed by atoms with Gasteiger partial charge in [0.25, 0.3) is 5.91 Å². The summed E-state index contributed by atoms with van der Waals surface area (Å²) in [6.07, 6.45) is 0. The van der Waals surface area contributed by atoms with Gasteiger partial charge in [0.15, 0.2) is 0 Å². The molecule has 1 amide bonds. The SMILES string of the molecule is CCOC(=O)c1[nH]c2ccccc2c1NC(=O)c1ccccc1Br. The first-order valence-electron chi connectivity index (χ1n) is 7.45. The molecule has 0 saturated heterocycles. The minimum atomic E-state index is -0.504. The fourth-order valence-corrected chi connectivity index (χ4v) is 2.92. The molecule has 0 aliphatic heterocycles. The number of carbonyl (C=O) groups is 2. The number of rotatable bonds is 4. The van der Waals surface area contributed by atoms with E-state index in [0.29, 0.717) is 15.7 Å². The summed E-state index contributed by atoms with van der Waals surface area (Å²) in [4.78, 5) is 27.8. The number of H-pyrrole nitrogens is 1. The van der Waals surface area contributed by atoms with Crippen LogP contribution < -0.4 is 5.32 Å².